The molecule has 0 bridgehead atoms. The second-order valence-electron chi connectivity index (χ2n) is 9.41. The number of anilines is 1. The van der Waals surface area contributed by atoms with E-state index in [1.807, 2.05) is 38.1 Å². The predicted molar refractivity (Wildman–Crippen MR) is 142 cm³/mol. The second kappa shape index (κ2) is 10.7. The molecule has 7 nitrogen and oxygen atoms in total. The molecule has 0 saturated heterocycles. The number of methoxy groups -OCH3 is 2. The van der Waals surface area contributed by atoms with E-state index in [1.165, 1.54) is 19.2 Å². The topological polar surface area (TPSA) is 81.6 Å². The zero-order valence-electron chi connectivity index (χ0n) is 21.3. The van der Waals surface area contributed by atoms with E-state index in [1.54, 1.807) is 48.2 Å². The number of ether oxygens (including phenoxy) is 2. The number of nitrogens with zero attached hydrogens (tertiary/aromatic N) is 1. The van der Waals surface area contributed by atoms with E-state index in [2.05, 4.69) is 10.6 Å². The maximum atomic E-state index is 13.4. The monoisotopic (exact) mass is 503 g/mol. The van der Waals surface area contributed by atoms with Crippen molar-refractivity contribution in [3.63, 3.8) is 0 Å². The molecule has 0 unspecified atom stereocenters. The highest BCUT2D eigenvalue weighted by Crippen LogP contribution is 2.28. The summed E-state index contributed by atoms with van der Waals surface area (Å²) in [6.07, 6.45) is 1.78. The van der Waals surface area contributed by atoms with Crippen LogP contribution in [0.5, 0.6) is 11.5 Å². The van der Waals surface area contributed by atoms with Gasteiger partial charge in [0.05, 0.1) is 14.2 Å². The average Bonchev–Trinajstić information content (AvgIpc) is 3.28. The molecule has 0 aliphatic carbocycles. The minimum absolute atomic E-state index is 0.131. The van der Waals surface area contributed by atoms with Crippen molar-refractivity contribution >= 4 is 28.4 Å². The van der Waals surface area contributed by atoms with Crippen molar-refractivity contribution in [1.82, 2.24) is 9.88 Å². The predicted octanol–water partition coefficient (Wildman–Crippen LogP) is 5.14. The summed E-state index contributed by atoms with van der Waals surface area (Å²) in [7, 11) is 3.06. The van der Waals surface area contributed by atoms with E-state index < -0.39 is 0 Å². The van der Waals surface area contributed by atoms with E-state index in [4.69, 9.17) is 9.47 Å². The lowest BCUT2D eigenvalue weighted by Gasteiger charge is -2.26. The molecule has 0 atom stereocenters. The van der Waals surface area contributed by atoms with Crippen LogP contribution < -0.4 is 20.1 Å². The molecule has 1 heterocycles. The number of hydrogen-bond donors (Lipinski definition) is 2. The Bertz CT molecular complexity index is 1430. The van der Waals surface area contributed by atoms with Crippen LogP contribution in [0.15, 0.2) is 72.9 Å². The summed E-state index contributed by atoms with van der Waals surface area (Å²) >= 11 is 0. The summed E-state index contributed by atoms with van der Waals surface area (Å²) < 4.78 is 25.7. The van der Waals surface area contributed by atoms with Gasteiger partial charge in [0.1, 0.15) is 12.4 Å². The first-order valence-corrected chi connectivity index (χ1v) is 11.9. The van der Waals surface area contributed by atoms with Crippen LogP contribution in [0.2, 0.25) is 0 Å². The van der Waals surface area contributed by atoms with Gasteiger partial charge in [0.15, 0.2) is 11.5 Å². The highest BCUT2D eigenvalue weighted by Gasteiger charge is 2.22. The van der Waals surface area contributed by atoms with E-state index in [0.29, 0.717) is 29.3 Å². The van der Waals surface area contributed by atoms with Crippen molar-refractivity contribution in [1.29, 1.82) is 0 Å². The number of aromatic nitrogens is 1. The molecule has 0 fully saturated rings. The Balaban J connectivity index is 1.35. The third-order valence-corrected chi connectivity index (χ3v) is 6.34. The van der Waals surface area contributed by atoms with Gasteiger partial charge in [-0.2, -0.15) is 0 Å². The van der Waals surface area contributed by atoms with Gasteiger partial charge < -0.3 is 24.7 Å². The van der Waals surface area contributed by atoms with Gasteiger partial charge in [-0.15, -0.1) is 0 Å². The molecule has 0 spiro atoms. The second-order valence-corrected chi connectivity index (χ2v) is 9.41. The Labute approximate surface area is 215 Å². The van der Waals surface area contributed by atoms with Gasteiger partial charge in [-0.25, -0.2) is 4.39 Å². The quantitative estimate of drug-likeness (QED) is 0.331. The lowest BCUT2D eigenvalue weighted by Crippen LogP contribution is -2.38. The van der Waals surface area contributed by atoms with Gasteiger partial charge in [-0.1, -0.05) is 26.0 Å². The van der Waals surface area contributed by atoms with Gasteiger partial charge in [-0.05, 0) is 60.2 Å². The number of benzene rings is 3. The molecule has 2 N–H and O–H groups in total. The van der Waals surface area contributed by atoms with Crippen LogP contribution in [0.4, 0.5) is 10.1 Å². The number of hydrogen-bond acceptors (Lipinski definition) is 4. The van der Waals surface area contributed by atoms with Gasteiger partial charge in [-0.3, -0.25) is 9.59 Å². The number of carbonyl (C=O) groups excluding carboxylic acids is 2. The molecule has 0 aliphatic heterocycles. The Kier molecular flexibility index (Phi) is 7.47. The van der Waals surface area contributed by atoms with E-state index >= 15 is 0 Å². The zero-order chi connectivity index (χ0) is 26.6. The number of nitrogens with one attached hydrogen (secondary N) is 2. The molecular weight excluding hydrogens is 473 g/mol. The first-order chi connectivity index (χ1) is 17.7. The van der Waals surface area contributed by atoms with Gasteiger partial charge >= 0.3 is 0 Å². The van der Waals surface area contributed by atoms with Crippen LogP contribution in [0.25, 0.3) is 10.9 Å². The zero-order valence-corrected chi connectivity index (χ0v) is 21.3. The fraction of sp³-hybridized carbons (Fsp3) is 0.241. The summed E-state index contributed by atoms with van der Waals surface area (Å²) in [6.45, 7) is 4.65. The maximum absolute atomic E-state index is 13.4. The highest BCUT2D eigenvalue weighted by atomic mass is 19.1. The normalized spacial score (nSPS) is 11.3. The van der Waals surface area contributed by atoms with Crippen LogP contribution in [0, 0.1) is 5.82 Å². The van der Waals surface area contributed by atoms with Gasteiger partial charge in [0.2, 0.25) is 5.91 Å². The number of amides is 2. The van der Waals surface area contributed by atoms with Crippen LogP contribution in [0.1, 0.15) is 29.8 Å². The third kappa shape index (κ3) is 5.91. The molecule has 37 heavy (non-hydrogen) atoms. The van der Waals surface area contributed by atoms with E-state index in [0.717, 1.165) is 16.5 Å². The number of carbonyl (C=O) groups is 2. The van der Waals surface area contributed by atoms with Crippen LogP contribution in [0.3, 0.4) is 0 Å². The van der Waals surface area contributed by atoms with Crippen molar-refractivity contribution in [2.45, 2.75) is 25.8 Å². The smallest absolute Gasteiger partial charge is 0.255 e. The number of fused-ring (bicyclic) bond motifs is 1. The summed E-state index contributed by atoms with van der Waals surface area (Å²) in [5, 5.41) is 6.64. The molecule has 192 valence electrons. The number of rotatable bonds is 9. The average molecular weight is 504 g/mol. The van der Waals surface area contributed by atoms with Crippen LogP contribution in [-0.4, -0.2) is 37.1 Å². The minimum Gasteiger partial charge on any atom is -0.493 e. The molecule has 0 radical (unpaired) electrons. The largest absolute Gasteiger partial charge is 0.493 e. The third-order valence-electron chi connectivity index (χ3n) is 6.34. The molecule has 4 aromatic rings. The van der Waals surface area contributed by atoms with Crippen molar-refractivity contribution < 1.29 is 23.5 Å². The Morgan fingerprint density at radius 1 is 0.919 bits per heavy atom. The molecule has 0 aliphatic rings. The van der Waals surface area contributed by atoms with E-state index in [9.17, 15) is 14.0 Å². The van der Waals surface area contributed by atoms with Crippen molar-refractivity contribution in [3.05, 3.63) is 89.9 Å². The lowest BCUT2D eigenvalue weighted by molar-refractivity contribution is -0.121. The van der Waals surface area contributed by atoms with E-state index in [-0.39, 0.29) is 29.6 Å². The van der Waals surface area contributed by atoms with Gasteiger partial charge in [0.25, 0.3) is 5.91 Å². The minimum atomic E-state index is -0.344. The Morgan fingerprint density at radius 2 is 1.65 bits per heavy atom. The number of halogens is 1. The summed E-state index contributed by atoms with van der Waals surface area (Å²) in [5.41, 5.74) is 2.58. The fourth-order valence-electron chi connectivity index (χ4n) is 4.13. The van der Waals surface area contributed by atoms with Crippen molar-refractivity contribution in [3.8, 4) is 11.5 Å². The Morgan fingerprint density at radius 3 is 2.35 bits per heavy atom. The SMILES string of the molecule is COc1ccc(C(=O)Nc2ccc(C(C)(C)CNC(=O)Cn3ccc4cc(F)ccc43)cc2)cc1OC. The molecule has 2 amide bonds. The fourth-order valence-corrected chi connectivity index (χ4v) is 4.13. The Hall–Kier alpha value is -4.33. The van der Waals surface area contributed by atoms with Gasteiger partial charge in [0, 0.05) is 40.3 Å². The summed E-state index contributed by atoms with van der Waals surface area (Å²) in [5.74, 6) is 0.334. The molecule has 0 saturated carbocycles. The molecular formula is C29H30FN3O4. The summed E-state index contributed by atoms with van der Waals surface area (Å²) in [4.78, 5) is 25.3. The molecule has 1 aromatic heterocycles. The molecule has 4 rings (SSSR count). The first-order valence-electron chi connectivity index (χ1n) is 11.9. The van der Waals surface area contributed by atoms with Crippen molar-refractivity contribution in [2.24, 2.45) is 0 Å². The standard InChI is InChI=1S/C29H30FN3O4/c1-29(2,18-31-27(34)17-33-14-13-19-15-22(30)8-11-24(19)33)21-6-9-23(10-7-21)32-28(35)20-5-12-25(36-3)26(16-20)37-4/h5-16H,17-18H2,1-4H3,(H,31,34)(H,32,35). The maximum Gasteiger partial charge on any atom is 0.255 e. The molecule has 8 heteroatoms. The first kappa shape index (κ1) is 25.8. The lowest BCUT2D eigenvalue weighted by atomic mass is 9.84. The van der Waals surface area contributed by atoms with Crippen LogP contribution >= 0.6 is 0 Å². The summed E-state index contributed by atoms with van der Waals surface area (Å²) in [6, 6.07) is 18.8. The molecule has 3 aromatic carbocycles. The highest BCUT2D eigenvalue weighted by molar-refractivity contribution is 6.04. The van der Waals surface area contributed by atoms with Crippen molar-refractivity contribution in [2.75, 3.05) is 26.1 Å². The van der Waals surface area contributed by atoms with Crippen LogP contribution in [-0.2, 0) is 16.8 Å².